The topological polar surface area (TPSA) is 50.4 Å². The molecule has 1 aliphatic heterocycles. The number of nitrogens with one attached hydrogen (secondary N) is 2. The van der Waals surface area contributed by atoms with Crippen LogP contribution < -0.4 is 10.6 Å². The van der Waals surface area contributed by atoms with E-state index in [1.165, 1.54) is 6.07 Å². The van der Waals surface area contributed by atoms with Crippen molar-refractivity contribution in [1.29, 1.82) is 0 Å². The fourth-order valence-electron chi connectivity index (χ4n) is 2.00. The maximum Gasteiger partial charge on any atom is 0.255 e. The van der Waals surface area contributed by atoms with Crippen molar-refractivity contribution in [2.45, 2.75) is 12.1 Å². The van der Waals surface area contributed by atoms with Gasteiger partial charge in [-0.1, -0.05) is 6.07 Å². The summed E-state index contributed by atoms with van der Waals surface area (Å²) in [5.74, 6) is -0.975. The quantitative estimate of drug-likeness (QED) is 0.884. The van der Waals surface area contributed by atoms with E-state index in [2.05, 4.69) is 26.6 Å². The third kappa shape index (κ3) is 2.71. The SMILES string of the molecule is COC1CNCC1NC(=O)c1c(F)cccc1Br. The van der Waals surface area contributed by atoms with Crippen molar-refractivity contribution < 1.29 is 13.9 Å². The van der Waals surface area contributed by atoms with Gasteiger partial charge in [0.05, 0.1) is 17.7 Å². The minimum Gasteiger partial charge on any atom is -0.378 e. The second kappa shape index (κ2) is 5.77. The molecule has 1 fully saturated rings. The van der Waals surface area contributed by atoms with Crippen molar-refractivity contribution >= 4 is 21.8 Å². The van der Waals surface area contributed by atoms with Gasteiger partial charge >= 0.3 is 0 Å². The molecule has 98 valence electrons. The molecule has 0 spiro atoms. The average molecular weight is 317 g/mol. The zero-order chi connectivity index (χ0) is 13.1. The van der Waals surface area contributed by atoms with Gasteiger partial charge in [-0.05, 0) is 28.1 Å². The molecule has 2 rings (SSSR count). The van der Waals surface area contributed by atoms with E-state index in [0.29, 0.717) is 17.6 Å². The highest BCUT2D eigenvalue weighted by molar-refractivity contribution is 9.10. The summed E-state index contributed by atoms with van der Waals surface area (Å²) in [5, 5.41) is 5.90. The number of carbonyl (C=O) groups is 1. The number of hydrogen-bond acceptors (Lipinski definition) is 3. The highest BCUT2D eigenvalue weighted by Gasteiger charge is 2.29. The number of ether oxygens (including phenoxy) is 1. The monoisotopic (exact) mass is 316 g/mol. The largest absolute Gasteiger partial charge is 0.378 e. The molecule has 0 saturated carbocycles. The molecule has 0 bridgehead atoms. The van der Waals surface area contributed by atoms with Crippen LogP contribution in [0.15, 0.2) is 22.7 Å². The molecule has 1 amide bonds. The first-order valence-electron chi connectivity index (χ1n) is 5.62. The number of hydrogen-bond donors (Lipinski definition) is 2. The number of halogens is 2. The Morgan fingerprint density at radius 2 is 2.33 bits per heavy atom. The molecule has 6 heteroatoms. The number of benzene rings is 1. The second-order valence-electron chi connectivity index (χ2n) is 4.11. The minimum atomic E-state index is -0.540. The van der Waals surface area contributed by atoms with E-state index in [1.54, 1.807) is 19.2 Å². The first-order valence-corrected chi connectivity index (χ1v) is 6.41. The lowest BCUT2D eigenvalue weighted by Crippen LogP contribution is -2.43. The maximum absolute atomic E-state index is 13.6. The summed E-state index contributed by atoms with van der Waals surface area (Å²) in [5.41, 5.74) is 0.0271. The Bertz CT molecular complexity index is 435. The number of amides is 1. The molecule has 2 N–H and O–H groups in total. The van der Waals surface area contributed by atoms with E-state index >= 15 is 0 Å². The number of rotatable bonds is 3. The van der Waals surface area contributed by atoms with Crippen LogP contribution >= 0.6 is 15.9 Å². The van der Waals surface area contributed by atoms with Gasteiger partial charge in [0.25, 0.3) is 5.91 Å². The molecule has 18 heavy (non-hydrogen) atoms. The van der Waals surface area contributed by atoms with Crippen LogP contribution in [-0.4, -0.2) is 38.3 Å². The van der Waals surface area contributed by atoms with E-state index in [9.17, 15) is 9.18 Å². The van der Waals surface area contributed by atoms with Crippen LogP contribution in [0.1, 0.15) is 10.4 Å². The molecule has 1 aromatic carbocycles. The summed E-state index contributed by atoms with van der Waals surface area (Å²) >= 11 is 3.18. The lowest BCUT2D eigenvalue weighted by molar-refractivity contribution is 0.0776. The summed E-state index contributed by atoms with van der Waals surface area (Å²) < 4.78 is 19.3. The summed E-state index contributed by atoms with van der Waals surface area (Å²) in [4.78, 5) is 12.0. The van der Waals surface area contributed by atoms with Gasteiger partial charge in [0.15, 0.2) is 0 Å². The van der Waals surface area contributed by atoms with Gasteiger partial charge in [-0.25, -0.2) is 4.39 Å². The predicted molar refractivity (Wildman–Crippen MR) is 69.0 cm³/mol. The molecule has 0 radical (unpaired) electrons. The fourth-order valence-corrected chi connectivity index (χ4v) is 2.52. The van der Waals surface area contributed by atoms with Crippen molar-refractivity contribution in [1.82, 2.24) is 10.6 Å². The zero-order valence-corrected chi connectivity index (χ0v) is 11.5. The van der Waals surface area contributed by atoms with Crippen molar-refractivity contribution in [3.8, 4) is 0 Å². The minimum absolute atomic E-state index is 0.0271. The summed E-state index contributed by atoms with van der Waals surface area (Å²) in [7, 11) is 1.59. The number of methoxy groups -OCH3 is 1. The van der Waals surface area contributed by atoms with Gasteiger partial charge in [0.2, 0.25) is 0 Å². The Labute approximate surface area is 113 Å². The molecule has 2 atom stereocenters. The van der Waals surface area contributed by atoms with Crippen LogP contribution in [0.2, 0.25) is 0 Å². The van der Waals surface area contributed by atoms with Crippen LogP contribution in [0.4, 0.5) is 4.39 Å². The van der Waals surface area contributed by atoms with Crippen LogP contribution in [0.3, 0.4) is 0 Å². The smallest absolute Gasteiger partial charge is 0.255 e. The standard InChI is InChI=1S/C12H14BrFN2O2/c1-18-10-6-15-5-9(10)16-12(17)11-7(13)3-2-4-8(11)14/h2-4,9-10,15H,5-6H2,1H3,(H,16,17). The fraction of sp³-hybridized carbons (Fsp3) is 0.417. The Kier molecular flexibility index (Phi) is 4.31. The van der Waals surface area contributed by atoms with Crippen LogP contribution in [0, 0.1) is 5.82 Å². The highest BCUT2D eigenvalue weighted by atomic mass is 79.9. The van der Waals surface area contributed by atoms with E-state index in [4.69, 9.17) is 4.74 Å². The Morgan fingerprint density at radius 1 is 1.56 bits per heavy atom. The Hall–Kier alpha value is -0.980. The highest BCUT2D eigenvalue weighted by Crippen LogP contribution is 2.20. The predicted octanol–water partition coefficient (Wildman–Crippen LogP) is 1.30. The Morgan fingerprint density at radius 3 is 3.00 bits per heavy atom. The van der Waals surface area contributed by atoms with Gasteiger partial charge in [0, 0.05) is 24.7 Å². The molecule has 1 aromatic rings. The second-order valence-corrected chi connectivity index (χ2v) is 4.96. The average Bonchev–Trinajstić information content (AvgIpc) is 2.76. The third-order valence-corrected chi connectivity index (χ3v) is 3.63. The molecule has 0 aliphatic carbocycles. The van der Waals surface area contributed by atoms with Gasteiger partial charge in [-0.3, -0.25) is 4.79 Å². The lowest BCUT2D eigenvalue weighted by Gasteiger charge is -2.19. The van der Waals surface area contributed by atoms with Gasteiger partial charge < -0.3 is 15.4 Å². The van der Waals surface area contributed by atoms with Gasteiger partial charge in [-0.2, -0.15) is 0 Å². The third-order valence-electron chi connectivity index (χ3n) is 2.97. The van der Waals surface area contributed by atoms with Gasteiger partial charge in [0.1, 0.15) is 5.82 Å². The molecule has 1 aliphatic rings. The maximum atomic E-state index is 13.6. The first-order chi connectivity index (χ1) is 8.63. The molecule has 0 aromatic heterocycles. The first kappa shape index (κ1) is 13.5. The lowest BCUT2D eigenvalue weighted by atomic mass is 10.1. The molecular weight excluding hydrogens is 303 g/mol. The molecule has 1 saturated heterocycles. The van der Waals surface area contributed by atoms with E-state index < -0.39 is 11.7 Å². The van der Waals surface area contributed by atoms with Crippen molar-refractivity contribution in [3.05, 3.63) is 34.1 Å². The molecular formula is C12H14BrFN2O2. The van der Waals surface area contributed by atoms with E-state index in [1.807, 2.05) is 0 Å². The van der Waals surface area contributed by atoms with E-state index in [-0.39, 0.29) is 17.7 Å². The van der Waals surface area contributed by atoms with Crippen molar-refractivity contribution in [2.24, 2.45) is 0 Å². The summed E-state index contributed by atoms with van der Waals surface area (Å²) in [6.07, 6.45) is -0.0838. The van der Waals surface area contributed by atoms with Crippen LogP contribution in [0.5, 0.6) is 0 Å². The summed E-state index contributed by atoms with van der Waals surface area (Å²) in [6, 6.07) is 4.30. The molecule has 4 nitrogen and oxygen atoms in total. The molecule has 1 heterocycles. The van der Waals surface area contributed by atoms with Crippen molar-refractivity contribution in [3.63, 3.8) is 0 Å². The zero-order valence-electron chi connectivity index (χ0n) is 9.87. The van der Waals surface area contributed by atoms with E-state index in [0.717, 1.165) is 0 Å². The number of carbonyl (C=O) groups excluding carboxylic acids is 1. The Balaban J connectivity index is 2.12. The van der Waals surface area contributed by atoms with Crippen LogP contribution in [-0.2, 0) is 4.74 Å². The van der Waals surface area contributed by atoms with Gasteiger partial charge in [-0.15, -0.1) is 0 Å². The summed E-state index contributed by atoms with van der Waals surface area (Å²) in [6.45, 7) is 1.30. The molecule has 2 unspecified atom stereocenters. The van der Waals surface area contributed by atoms with Crippen LogP contribution in [0.25, 0.3) is 0 Å². The normalized spacial score (nSPS) is 23.1. The van der Waals surface area contributed by atoms with Crippen molar-refractivity contribution in [2.75, 3.05) is 20.2 Å².